The number of ether oxygens (including phenoxy) is 2. The minimum Gasteiger partial charge on any atom is -0.488 e. The minimum atomic E-state index is -0.656. The van der Waals surface area contributed by atoms with Crippen molar-refractivity contribution in [1.29, 1.82) is 0 Å². The predicted octanol–water partition coefficient (Wildman–Crippen LogP) is 2.36. The molecule has 2 N–H and O–H groups in total. The highest BCUT2D eigenvalue weighted by Crippen LogP contribution is 2.15. The summed E-state index contributed by atoms with van der Waals surface area (Å²) in [5.41, 5.74) is 0. The Bertz CT molecular complexity index is 388. The average Bonchev–Trinajstić information content (AvgIpc) is 2.45. The molecule has 0 aromatic heterocycles. The maximum Gasteiger partial charge on any atom is 0.165 e. The van der Waals surface area contributed by atoms with E-state index in [4.69, 9.17) is 9.47 Å². The molecule has 0 saturated heterocycles. The molecule has 0 bridgehead atoms. The van der Waals surface area contributed by atoms with Gasteiger partial charge in [0.1, 0.15) is 12.7 Å². The number of aliphatic hydroxyl groups is 1. The number of hydrogen-bond donors (Lipinski definition) is 2. The van der Waals surface area contributed by atoms with Crippen LogP contribution in [0, 0.1) is 5.82 Å². The second kappa shape index (κ2) is 10.5. The summed E-state index contributed by atoms with van der Waals surface area (Å²) in [5.74, 6) is -0.245. The Morgan fingerprint density at radius 1 is 1.24 bits per heavy atom. The number of nitrogens with one attached hydrogen (secondary N) is 1. The largest absolute Gasteiger partial charge is 0.488 e. The second-order valence-electron chi connectivity index (χ2n) is 5.23. The molecule has 1 aromatic carbocycles. The first-order valence-electron chi connectivity index (χ1n) is 7.47. The Hall–Kier alpha value is -1.17. The quantitative estimate of drug-likeness (QED) is 0.616. The van der Waals surface area contributed by atoms with E-state index in [1.165, 1.54) is 6.07 Å². The Balaban J connectivity index is 2.01. The van der Waals surface area contributed by atoms with E-state index in [-0.39, 0.29) is 18.5 Å². The second-order valence-corrected chi connectivity index (χ2v) is 5.23. The van der Waals surface area contributed by atoms with Crippen molar-refractivity contribution in [3.8, 4) is 5.75 Å². The lowest BCUT2D eigenvalue weighted by Gasteiger charge is -2.13. The zero-order valence-corrected chi connectivity index (χ0v) is 12.8. The van der Waals surface area contributed by atoms with Crippen molar-refractivity contribution in [2.24, 2.45) is 0 Å². The first kappa shape index (κ1) is 17.9. The molecule has 0 saturated carbocycles. The molecular weight excluding hydrogens is 273 g/mol. The van der Waals surface area contributed by atoms with Gasteiger partial charge in [0.25, 0.3) is 0 Å². The number of rotatable bonds is 11. The molecule has 21 heavy (non-hydrogen) atoms. The van der Waals surface area contributed by atoms with Crippen LogP contribution < -0.4 is 10.1 Å². The van der Waals surface area contributed by atoms with Crippen molar-refractivity contribution < 1.29 is 19.0 Å². The molecule has 5 heteroatoms. The molecular formula is C16H26FNO3. The summed E-state index contributed by atoms with van der Waals surface area (Å²) in [5, 5.41) is 12.9. The van der Waals surface area contributed by atoms with E-state index in [1.54, 1.807) is 18.2 Å². The van der Waals surface area contributed by atoms with E-state index in [0.717, 1.165) is 26.0 Å². The topological polar surface area (TPSA) is 50.7 Å². The Morgan fingerprint density at radius 3 is 2.71 bits per heavy atom. The lowest BCUT2D eigenvalue weighted by Crippen LogP contribution is -2.32. The third-order valence-electron chi connectivity index (χ3n) is 2.85. The summed E-state index contributed by atoms with van der Waals surface area (Å²) in [4.78, 5) is 0. The monoisotopic (exact) mass is 299 g/mol. The van der Waals surface area contributed by atoms with Crippen LogP contribution in [0.2, 0.25) is 0 Å². The molecule has 0 aliphatic heterocycles. The van der Waals surface area contributed by atoms with Crippen molar-refractivity contribution in [2.75, 3.05) is 26.3 Å². The molecule has 120 valence electrons. The zero-order valence-electron chi connectivity index (χ0n) is 12.8. The van der Waals surface area contributed by atoms with Gasteiger partial charge < -0.3 is 19.9 Å². The maximum absolute atomic E-state index is 13.3. The molecule has 1 unspecified atom stereocenters. The highest BCUT2D eigenvalue weighted by atomic mass is 19.1. The van der Waals surface area contributed by atoms with Crippen LogP contribution in [0.15, 0.2) is 24.3 Å². The predicted molar refractivity (Wildman–Crippen MR) is 81.1 cm³/mol. The number of benzene rings is 1. The fourth-order valence-corrected chi connectivity index (χ4v) is 1.75. The number of aliphatic hydroxyl groups excluding tert-OH is 1. The number of para-hydroxylation sites is 1. The van der Waals surface area contributed by atoms with Crippen LogP contribution in [0.25, 0.3) is 0 Å². The first-order chi connectivity index (χ1) is 10.1. The number of hydrogen-bond acceptors (Lipinski definition) is 4. The molecule has 0 amide bonds. The molecule has 0 aliphatic carbocycles. The summed E-state index contributed by atoms with van der Waals surface area (Å²) in [6.07, 6.45) is 1.60. The molecule has 0 radical (unpaired) electrons. The SMILES string of the molecule is CC(C)OCCCCNCC(O)COc1ccccc1F. The highest BCUT2D eigenvalue weighted by molar-refractivity contribution is 5.23. The van der Waals surface area contributed by atoms with Crippen LogP contribution in [0.1, 0.15) is 26.7 Å². The summed E-state index contributed by atoms with van der Waals surface area (Å²) in [6.45, 7) is 6.12. The first-order valence-corrected chi connectivity index (χ1v) is 7.47. The lowest BCUT2D eigenvalue weighted by molar-refractivity contribution is 0.0754. The van der Waals surface area contributed by atoms with E-state index in [0.29, 0.717) is 6.54 Å². The van der Waals surface area contributed by atoms with E-state index in [2.05, 4.69) is 5.32 Å². The smallest absolute Gasteiger partial charge is 0.165 e. The fraction of sp³-hybridized carbons (Fsp3) is 0.625. The normalized spacial score (nSPS) is 12.6. The Kier molecular flexibility index (Phi) is 8.98. The van der Waals surface area contributed by atoms with Gasteiger partial charge in [0.05, 0.1) is 6.10 Å². The van der Waals surface area contributed by atoms with E-state index in [1.807, 2.05) is 13.8 Å². The lowest BCUT2D eigenvalue weighted by atomic mass is 10.3. The van der Waals surface area contributed by atoms with Gasteiger partial charge in [-0.25, -0.2) is 4.39 Å². The molecule has 4 nitrogen and oxygen atoms in total. The molecule has 1 rings (SSSR count). The van der Waals surface area contributed by atoms with Crippen LogP contribution in [0.5, 0.6) is 5.75 Å². The number of unbranched alkanes of at least 4 members (excludes halogenated alkanes) is 1. The van der Waals surface area contributed by atoms with Crippen LogP contribution in [-0.2, 0) is 4.74 Å². The third kappa shape index (κ3) is 8.65. The molecule has 0 fully saturated rings. The molecule has 0 heterocycles. The van der Waals surface area contributed by atoms with E-state index >= 15 is 0 Å². The van der Waals surface area contributed by atoms with Gasteiger partial charge in [-0.1, -0.05) is 12.1 Å². The van der Waals surface area contributed by atoms with Crippen molar-refractivity contribution in [3.63, 3.8) is 0 Å². The fourth-order valence-electron chi connectivity index (χ4n) is 1.75. The van der Waals surface area contributed by atoms with Gasteiger partial charge in [0.2, 0.25) is 0 Å². The van der Waals surface area contributed by atoms with Gasteiger partial charge in [-0.3, -0.25) is 0 Å². The van der Waals surface area contributed by atoms with Crippen LogP contribution in [0.4, 0.5) is 4.39 Å². The van der Waals surface area contributed by atoms with Gasteiger partial charge in [0, 0.05) is 13.2 Å². The molecule has 0 aliphatic rings. The standard InChI is InChI=1S/C16H26FNO3/c1-13(2)20-10-6-5-9-18-11-14(19)12-21-16-8-4-3-7-15(16)17/h3-4,7-8,13-14,18-19H,5-6,9-12H2,1-2H3. The Morgan fingerprint density at radius 2 is 2.00 bits per heavy atom. The number of halogens is 1. The van der Waals surface area contributed by atoms with Crippen molar-refractivity contribution in [3.05, 3.63) is 30.1 Å². The van der Waals surface area contributed by atoms with Gasteiger partial charge in [-0.2, -0.15) is 0 Å². The summed E-state index contributed by atoms with van der Waals surface area (Å²) in [6, 6.07) is 6.18. The van der Waals surface area contributed by atoms with Crippen LogP contribution in [-0.4, -0.2) is 43.6 Å². The molecule has 1 aromatic rings. The zero-order chi connectivity index (χ0) is 15.5. The summed E-state index contributed by atoms with van der Waals surface area (Å²) < 4.78 is 24.0. The molecule has 1 atom stereocenters. The summed E-state index contributed by atoms with van der Waals surface area (Å²) in [7, 11) is 0. The summed E-state index contributed by atoms with van der Waals surface area (Å²) >= 11 is 0. The average molecular weight is 299 g/mol. The van der Waals surface area contributed by atoms with Crippen molar-refractivity contribution in [2.45, 2.75) is 38.9 Å². The van der Waals surface area contributed by atoms with Crippen LogP contribution in [0.3, 0.4) is 0 Å². The maximum atomic E-state index is 13.3. The van der Waals surface area contributed by atoms with Gasteiger partial charge in [0.15, 0.2) is 11.6 Å². The van der Waals surface area contributed by atoms with E-state index in [9.17, 15) is 9.50 Å². The highest BCUT2D eigenvalue weighted by Gasteiger charge is 2.07. The van der Waals surface area contributed by atoms with Crippen molar-refractivity contribution in [1.82, 2.24) is 5.32 Å². The van der Waals surface area contributed by atoms with Gasteiger partial charge in [-0.05, 0) is 45.4 Å². The molecule has 0 spiro atoms. The van der Waals surface area contributed by atoms with Crippen LogP contribution >= 0.6 is 0 Å². The Labute approximate surface area is 126 Å². The third-order valence-corrected chi connectivity index (χ3v) is 2.85. The van der Waals surface area contributed by atoms with Gasteiger partial charge in [-0.15, -0.1) is 0 Å². The van der Waals surface area contributed by atoms with Gasteiger partial charge >= 0.3 is 0 Å². The minimum absolute atomic E-state index is 0.0738. The van der Waals surface area contributed by atoms with Crippen molar-refractivity contribution >= 4 is 0 Å². The van der Waals surface area contributed by atoms with E-state index < -0.39 is 11.9 Å².